The number of benzene rings is 1. The zero-order valence-electron chi connectivity index (χ0n) is 10.4. The number of hydrogen-bond acceptors (Lipinski definition) is 1. The van der Waals surface area contributed by atoms with Gasteiger partial charge in [0.15, 0.2) is 0 Å². The third-order valence-corrected chi connectivity index (χ3v) is 3.87. The van der Waals surface area contributed by atoms with Crippen molar-refractivity contribution in [2.75, 3.05) is 6.54 Å². The molecule has 0 unspecified atom stereocenters. The molecule has 0 spiro atoms. The summed E-state index contributed by atoms with van der Waals surface area (Å²) < 4.78 is 0. The van der Waals surface area contributed by atoms with Gasteiger partial charge in [-0.3, -0.25) is 0 Å². The minimum Gasteiger partial charge on any atom is -0.314 e. The molecule has 1 nitrogen and oxygen atoms in total. The Kier molecular flexibility index (Phi) is 5.34. The van der Waals surface area contributed by atoms with Gasteiger partial charge in [0.1, 0.15) is 0 Å². The average molecular weight is 252 g/mol. The summed E-state index contributed by atoms with van der Waals surface area (Å²) in [6.07, 6.45) is 9.48. The molecule has 1 aliphatic rings. The van der Waals surface area contributed by atoms with Gasteiger partial charge in [0.2, 0.25) is 0 Å². The predicted octanol–water partition coefficient (Wildman–Crippen LogP) is 4.19. The fraction of sp³-hybridized carbons (Fsp3) is 0.600. The van der Waals surface area contributed by atoms with E-state index >= 15 is 0 Å². The minimum absolute atomic E-state index is 0.754. The van der Waals surface area contributed by atoms with Gasteiger partial charge in [-0.1, -0.05) is 49.4 Å². The summed E-state index contributed by atoms with van der Waals surface area (Å²) in [5.74, 6) is 0. The predicted molar refractivity (Wildman–Crippen MR) is 74.6 cm³/mol. The van der Waals surface area contributed by atoms with Crippen LogP contribution in [0.4, 0.5) is 0 Å². The summed E-state index contributed by atoms with van der Waals surface area (Å²) in [4.78, 5) is 0. The van der Waals surface area contributed by atoms with Gasteiger partial charge in [0.05, 0.1) is 0 Å². The third kappa shape index (κ3) is 4.69. The van der Waals surface area contributed by atoms with Crippen LogP contribution >= 0.6 is 11.6 Å². The van der Waals surface area contributed by atoms with Crippen molar-refractivity contribution in [1.82, 2.24) is 5.32 Å². The molecule has 1 saturated carbocycles. The van der Waals surface area contributed by atoms with Crippen LogP contribution in [0.25, 0.3) is 0 Å². The highest BCUT2D eigenvalue weighted by Crippen LogP contribution is 2.17. The lowest BCUT2D eigenvalue weighted by Gasteiger charge is -2.16. The summed E-state index contributed by atoms with van der Waals surface area (Å²) in [6, 6.07) is 8.95. The van der Waals surface area contributed by atoms with Gasteiger partial charge in [-0.2, -0.15) is 0 Å². The van der Waals surface area contributed by atoms with E-state index in [-0.39, 0.29) is 0 Å². The lowest BCUT2D eigenvalue weighted by molar-refractivity contribution is 0.463. The maximum atomic E-state index is 5.87. The Morgan fingerprint density at radius 3 is 2.29 bits per heavy atom. The van der Waals surface area contributed by atoms with Gasteiger partial charge in [-0.15, -0.1) is 0 Å². The maximum absolute atomic E-state index is 5.87. The molecule has 0 bridgehead atoms. The fourth-order valence-corrected chi connectivity index (χ4v) is 2.68. The molecular weight excluding hydrogens is 230 g/mol. The van der Waals surface area contributed by atoms with E-state index in [0.29, 0.717) is 0 Å². The molecule has 0 saturated heterocycles. The van der Waals surface area contributed by atoms with E-state index in [1.54, 1.807) is 0 Å². The molecule has 0 atom stereocenters. The molecule has 2 heteroatoms. The van der Waals surface area contributed by atoms with Gasteiger partial charge in [-0.05, 0) is 43.5 Å². The Bertz CT molecular complexity index is 312. The van der Waals surface area contributed by atoms with E-state index in [1.807, 2.05) is 12.1 Å². The molecule has 1 fully saturated rings. The van der Waals surface area contributed by atoms with E-state index in [4.69, 9.17) is 11.6 Å². The van der Waals surface area contributed by atoms with E-state index in [0.717, 1.165) is 24.0 Å². The van der Waals surface area contributed by atoms with E-state index in [9.17, 15) is 0 Å². The average Bonchev–Trinajstić information content (AvgIpc) is 2.60. The Hall–Kier alpha value is -0.530. The molecule has 1 aromatic rings. The largest absolute Gasteiger partial charge is 0.314 e. The first-order chi connectivity index (χ1) is 8.34. The molecule has 0 heterocycles. The Morgan fingerprint density at radius 1 is 1.00 bits per heavy atom. The van der Waals surface area contributed by atoms with Gasteiger partial charge in [-0.25, -0.2) is 0 Å². The maximum Gasteiger partial charge on any atom is 0.0406 e. The van der Waals surface area contributed by atoms with Crippen LogP contribution in [0.2, 0.25) is 5.02 Å². The van der Waals surface area contributed by atoms with Gasteiger partial charge >= 0.3 is 0 Å². The lowest BCUT2D eigenvalue weighted by Crippen LogP contribution is -2.30. The number of halogens is 1. The molecule has 1 N–H and O–H groups in total. The highest BCUT2D eigenvalue weighted by Gasteiger charge is 2.10. The zero-order chi connectivity index (χ0) is 11.9. The Morgan fingerprint density at radius 2 is 1.65 bits per heavy atom. The van der Waals surface area contributed by atoms with Gasteiger partial charge < -0.3 is 5.32 Å². The smallest absolute Gasteiger partial charge is 0.0406 e. The number of nitrogens with one attached hydrogen (secondary N) is 1. The topological polar surface area (TPSA) is 12.0 Å². The number of rotatable bonds is 4. The minimum atomic E-state index is 0.754. The fourth-order valence-electron chi connectivity index (χ4n) is 2.56. The SMILES string of the molecule is Clc1ccc(CCNC2CCCCCC2)cc1. The van der Waals surface area contributed by atoms with E-state index in [1.165, 1.54) is 44.1 Å². The lowest BCUT2D eigenvalue weighted by atomic mass is 10.1. The van der Waals surface area contributed by atoms with Crippen LogP contribution in [0.5, 0.6) is 0 Å². The van der Waals surface area contributed by atoms with Crippen LogP contribution < -0.4 is 5.32 Å². The monoisotopic (exact) mass is 251 g/mol. The van der Waals surface area contributed by atoms with Crippen LogP contribution in [-0.2, 0) is 6.42 Å². The van der Waals surface area contributed by atoms with E-state index < -0.39 is 0 Å². The summed E-state index contributed by atoms with van der Waals surface area (Å²) in [5, 5.41) is 4.52. The summed E-state index contributed by atoms with van der Waals surface area (Å²) in [5.41, 5.74) is 1.37. The first kappa shape index (κ1) is 12.9. The van der Waals surface area contributed by atoms with Crippen molar-refractivity contribution in [2.24, 2.45) is 0 Å². The molecule has 1 aromatic carbocycles. The van der Waals surface area contributed by atoms with Crippen molar-refractivity contribution >= 4 is 11.6 Å². The molecule has 17 heavy (non-hydrogen) atoms. The third-order valence-electron chi connectivity index (χ3n) is 3.62. The van der Waals surface area contributed by atoms with Gasteiger partial charge in [0, 0.05) is 11.1 Å². The van der Waals surface area contributed by atoms with Crippen LogP contribution in [0.1, 0.15) is 44.1 Å². The van der Waals surface area contributed by atoms with E-state index in [2.05, 4.69) is 17.4 Å². The summed E-state index contributed by atoms with van der Waals surface area (Å²) in [7, 11) is 0. The second-order valence-corrected chi connectivity index (χ2v) is 5.46. The summed E-state index contributed by atoms with van der Waals surface area (Å²) >= 11 is 5.87. The second kappa shape index (κ2) is 7.03. The second-order valence-electron chi connectivity index (χ2n) is 5.02. The Balaban J connectivity index is 1.69. The first-order valence-corrected chi connectivity index (χ1v) is 7.20. The molecular formula is C15H22ClN. The van der Waals surface area contributed by atoms with Crippen molar-refractivity contribution in [3.63, 3.8) is 0 Å². The van der Waals surface area contributed by atoms with Gasteiger partial charge in [0.25, 0.3) is 0 Å². The van der Waals surface area contributed by atoms with Crippen LogP contribution in [-0.4, -0.2) is 12.6 Å². The van der Waals surface area contributed by atoms with Crippen molar-refractivity contribution < 1.29 is 0 Å². The first-order valence-electron chi connectivity index (χ1n) is 6.82. The molecule has 1 aliphatic carbocycles. The van der Waals surface area contributed by atoms with Crippen molar-refractivity contribution in [2.45, 2.75) is 51.0 Å². The standard InChI is InChI=1S/C15H22ClN/c16-14-9-7-13(8-10-14)11-12-17-15-5-3-1-2-4-6-15/h7-10,15,17H,1-6,11-12H2. The van der Waals surface area contributed by atoms with Crippen LogP contribution in [0.3, 0.4) is 0 Å². The molecule has 0 amide bonds. The highest BCUT2D eigenvalue weighted by molar-refractivity contribution is 6.30. The molecule has 94 valence electrons. The molecule has 0 aliphatic heterocycles. The zero-order valence-corrected chi connectivity index (χ0v) is 11.2. The van der Waals surface area contributed by atoms with Crippen LogP contribution in [0.15, 0.2) is 24.3 Å². The highest BCUT2D eigenvalue weighted by atomic mass is 35.5. The van der Waals surface area contributed by atoms with Crippen molar-refractivity contribution in [1.29, 1.82) is 0 Å². The summed E-state index contributed by atoms with van der Waals surface area (Å²) in [6.45, 7) is 1.09. The molecule has 0 aromatic heterocycles. The normalized spacial score (nSPS) is 17.9. The molecule has 2 rings (SSSR count). The van der Waals surface area contributed by atoms with Crippen LogP contribution in [0, 0.1) is 0 Å². The number of hydrogen-bond donors (Lipinski definition) is 1. The van der Waals surface area contributed by atoms with Crippen molar-refractivity contribution in [3.8, 4) is 0 Å². The Labute approximate surface area is 110 Å². The molecule has 0 radical (unpaired) electrons. The quantitative estimate of drug-likeness (QED) is 0.791. The van der Waals surface area contributed by atoms with Crippen molar-refractivity contribution in [3.05, 3.63) is 34.9 Å².